The number of hydrogen-bond donors (Lipinski definition) is 1. The number of piperazine rings is 1. The summed E-state index contributed by atoms with van der Waals surface area (Å²) < 4.78 is 0.913. The van der Waals surface area contributed by atoms with Gasteiger partial charge in [0.1, 0.15) is 5.82 Å². The Kier molecular flexibility index (Phi) is 5.67. The van der Waals surface area contributed by atoms with Crippen molar-refractivity contribution in [3.05, 3.63) is 33.8 Å². The van der Waals surface area contributed by atoms with Gasteiger partial charge >= 0.3 is 11.8 Å². The third-order valence-corrected chi connectivity index (χ3v) is 4.95. The summed E-state index contributed by atoms with van der Waals surface area (Å²) in [4.78, 5) is 32.4. The maximum atomic E-state index is 12.2. The van der Waals surface area contributed by atoms with E-state index in [9.17, 15) is 9.59 Å². The lowest BCUT2D eigenvalue weighted by Gasteiger charge is -2.35. The number of nitrogens with zero attached hydrogens (tertiary/aromatic N) is 3. The summed E-state index contributed by atoms with van der Waals surface area (Å²) in [7, 11) is 0. The molecule has 0 bridgehead atoms. The van der Waals surface area contributed by atoms with E-state index in [2.05, 4.69) is 31.1 Å². The van der Waals surface area contributed by atoms with Crippen LogP contribution in [-0.2, 0) is 9.59 Å². The van der Waals surface area contributed by atoms with Crippen LogP contribution in [0.3, 0.4) is 0 Å². The minimum atomic E-state index is -0.547. The molecule has 1 N–H and O–H groups in total. The average Bonchev–Trinajstić information content (AvgIpc) is 2.60. The topological polar surface area (TPSA) is 65.5 Å². The first-order chi connectivity index (χ1) is 12.3. The van der Waals surface area contributed by atoms with Gasteiger partial charge in [0, 0.05) is 42.1 Å². The first-order valence-electron chi connectivity index (χ1n) is 8.45. The van der Waals surface area contributed by atoms with Gasteiger partial charge < -0.3 is 15.1 Å². The molecule has 0 radical (unpaired) electrons. The van der Waals surface area contributed by atoms with E-state index in [1.165, 1.54) is 0 Å². The van der Waals surface area contributed by atoms with Gasteiger partial charge in [0.05, 0.1) is 10.5 Å². The number of halogens is 2. The highest BCUT2D eigenvalue weighted by Gasteiger charge is 2.26. The van der Waals surface area contributed by atoms with Gasteiger partial charge in [0.2, 0.25) is 0 Å². The van der Waals surface area contributed by atoms with Crippen molar-refractivity contribution in [2.75, 3.05) is 31.1 Å². The van der Waals surface area contributed by atoms with Gasteiger partial charge in [-0.15, -0.1) is 0 Å². The number of aromatic nitrogens is 1. The first-order valence-corrected chi connectivity index (χ1v) is 9.63. The van der Waals surface area contributed by atoms with Crippen LogP contribution in [-0.4, -0.2) is 53.9 Å². The van der Waals surface area contributed by atoms with Crippen LogP contribution in [0, 0.1) is 0 Å². The molecule has 8 heteroatoms. The molecule has 138 valence electrons. The van der Waals surface area contributed by atoms with Crippen molar-refractivity contribution in [2.24, 2.45) is 0 Å². The van der Waals surface area contributed by atoms with Gasteiger partial charge in [-0.3, -0.25) is 9.59 Å². The summed E-state index contributed by atoms with van der Waals surface area (Å²) in [5.74, 6) is -0.201. The molecule has 2 amide bonds. The van der Waals surface area contributed by atoms with Crippen LogP contribution in [0.2, 0.25) is 5.02 Å². The Morgan fingerprint density at radius 1 is 1.19 bits per heavy atom. The van der Waals surface area contributed by atoms with Crippen molar-refractivity contribution in [2.45, 2.75) is 19.9 Å². The van der Waals surface area contributed by atoms with Crippen LogP contribution in [0.15, 0.2) is 28.7 Å². The summed E-state index contributed by atoms with van der Waals surface area (Å²) in [6, 6.07) is 7.68. The van der Waals surface area contributed by atoms with Crippen molar-refractivity contribution in [1.82, 2.24) is 15.2 Å². The highest BCUT2D eigenvalue weighted by atomic mass is 79.9. The standard InChI is InChI=1S/C18H20BrClN4O2/c1-11(2)21-17(25)18(26)24-7-5-23(6-8-24)15-4-3-12-9-13(19)10-14(20)16(12)22-15/h3-4,9-11H,5-8H2,1-2H3,(H,21,25). The summed E-state index contributed by atoms with van der Waals surface area (Å²) in [5.41, 5.74) is 0.752. The summed E-state index contributed by atoms with van der Waals surface area (Å²) in [5, 5.41) is 4.20. The Morgan fingerprint density at radius 3 is 2.54 bits per heavy atom. The third kappa shape index (κ3) is 4.10. The highest BCUT2D eigenvalue weighted by Crippen LogP contribution is 2.29. The van der Waals surface area contributed by atoms with E-state index in [4.69, 9.17) is 11.6 Å². The Labute approximate surface area is 165 Å². The fourth-order valence-electron chi connectivity index (χ4n) is 2.93. The van der Waals surface area contributed by atoms with Gasteiger partial charge in [0.15, 0.2) is 0 Å². The van der Waals surface area contributed by atoms with Gasteiger partial charge in [-0.25, -0.2) is 4.98 Å². The molecule has 3 rings (SSSR count). The molecule has 2 aromatic rings. The SMILES string of the molecule is CC(C)NC(=O)C(=O)N1CCN(c2ccc3cc(Br)cc(Cl)c3n2)CC1. The zero-order valence-corrected chi connectivity index (χ0v) is 17.0. The molecule has 1 aliphatic heterocycles. The Hall–Kier alpha value is -1.86. The maximum absolute atomic E-state index is 12.2. The largest absolute Gasteiger partial charge is 0.353 e. The number of carbonyl (C=O) groups is 2. The van der Waals surface area contributed by atoms with Gasteiger partial charge in [0.25, 0.3) is 0 Å². The molecule has 26 heavy (non-hydrogen) atoms. The van der Waals surface area contributed by atoms with E-state index in [1.54, 1.807) is 4.90 Å². The molecule has 0 saturated carbocycles. The van der Waals surface area contributed by atoms with E-state index >= 15 is 0 Å². The van der Waals surface area contributed by atoms with Crippen molar-refractivity contribution in [1.29, 1.82) is 0 Å². The molecule has 1 aliphatic rings. The zero-order chi connectivity index (χ0) is 18.8. The number of pyridine rings is 1. The van der Waals surface area contributed by atoms with Gasteiger partial charge in [-0.05, 0) is 38.1 Å². The zero-order valence-electron chi connectivity index (χ0n) is 14.6. The highest BCUT2D eigenvalue weighted by molar-refractivity contribution is 9.10. The van der Waals surface area contributed by atoms with Crippen LogP contribution >= 0.6 is 27.5 Å². The minimum absolute atomic E-state index is 0.0562. The van der Waals surface area contributed by atoms with Crippen LogP contribution in [0.5, 0.6) is 0 Å². The number of benzene rings is 1. The molecule has 0 spiro atoms. The molecule has 1 aromatic heterocycles. The lowest BCUT2D eigenvalue weighted by molar-refractivity contribution is -0.146. The quantitative estimate of drug-likeness (QED) is 0.731. The van der Waals surface area contributed by atoms with E-state index in [-0.39, 0.29) is 6.04 Å². The fraction of sp³-hybridized carbons (Fsp3) is 0.389. The lowest BCUT2D eigenvalue weighted by Crippen LogP contribution is -2.53. The second-order valence-corrected chi connectivity index (χ2v) is 7.86. The fourth-order valence-corrected chi connectivity index (χ4v) is 3.81. The predicted molar refractivity (Wildman–Crippen MR) is 107 cm³/mol. The number of carbonyl (C=O) groups excluding carboxylic acids is 2. The first kappa shape index (κ1) is 18.9. The summed E-state index contributed by atoms with van der Waals surface area (Å²) in [6.07, 6.45) is 0. The number of rotatable bonds is 2. The molecular formula is C18H20BrClN4O2. The lowest BCUT2D eigenvalue weighted by atomic mass is 10.2. The molecular weight excluding hydrogens is 420 g/mol. The minimum Gasteiger partial charge on any atom is -0.353 e. The molecule has 1 aromatic carbocycles. The number of anilines is 1. The van der Waals surface area contributed by atoms with Gasteiger partial charge in [-0.1, -0.05) is 27.5 Å². The van der Waals surface area contributed by atoms with Crippen molar-refractivity contribution >= 4 is 56.1 Å². The molecule has 2 heterocycles. The van der Waals surface area contributed by atoms with Crippen LogP contribution in [0.4, 0.5) is 5.82 Å². The molecule has 0 unspecified atom stereocenters. The van der Waals surface area contributed by atoms with E-state index in [0.29, 0.717) is 31.2 Å². The normalized spacial score (nSPS) is 14.8. The maximum Gasteiger partial charge on any atom is 0.312 e. The molecule has 1 saturated heterocycles. The second-order valence-electron chi connectivity index (χ2n) is 6.54. The smallest absolute Gasteiger partial charge is 0.312 e. The van der Waals surface area contributed by atoms with Crippen LogP contribution < -0.4 is 10.2 Å². The van der Waals surface area contributed by atoms with Crippen molar-refractivity contribution in [3.63, 3.8) is 0 Å². The van der Waals surface area contributed by atoms with E-state index in [1.807, 2.05) is 38.1 Å². The summed E-state index contributed by atoms with van der Waals surface area (Å²) >= 11 is 9.74. The second kappa shape index (κ2) is 7.80. The van der Waals surface area contributed by atoms with Crippen molar-refractivity contribution in [3.8, 4) is 0 Å². The third-order valence-electron chi connectivity index (χ3n) is 4.20. The summed E-state index contributed by atoms with van der Waals surface area (Å²) in [6.45, 7) is 5.87. The molecule has 0 atom stereocenters. The molecule has 1 fully saturated rings. The van der Waals surface area contributed by atoms with Gasteiger partial charge in [-0.2, -0.15) is 0 Å². The molecule has 6 nitrogen and oxygen atoms in total. The average molecular weight is 440 g/mol. The number of hydrogen-bond acceptors (Lipinski definition) is 4. The Balaban J connectivity index is 1.69. The number of amides is 2. The van der Waals surface area contributed by atoms with Crippen LogP contribution in [0.1, 0.15) is 13.8 Å². The van der Waals surface area contributed by atoms with E-state index in [0.717, 1.165) is 21.2 Å². The number of fused-ring (bicyclic) bond motifs is 1. The Bertz CT molecular complexity index is 850. The van der Waals surface area contributed by atoms with Crippen LogP contribution in [0.25, 0.3) is 10.9 Å². The molecule has 0 aliphatic carbocycles. The Morgan fingerprint density at radius 2 is 1.88 bits per heavy atom. The van der Waals surface area contributed by atoms with Crippen molar-refractivity contribution < 1.29 is 9.59 Å². The predicted octanol–water partition coefficient (Wildman–Crippen LogP) is 2.82. The monoisotopic (exact) mass is 438 g/mol. The number of nitrogens with one attached hydrogen (secondary N) is 1. The van der Waals surface area contributed by atoms with E-state index < -0.39 is 11.8 Å².